The van der Waals surface area contributed by atoms with Gasteiger partial charge in [-0.1, -0.05) is 0 Å². The molecule has 4 aromatic rings. The van der Waals surface area contributed by atoms with Crippen LogP contribution in [0, 0.1) is 23.5 Å². The molecule has 1 aromatic carbocycles. The first-order valence-corrected chi connectivity index (χ1v) is 12.6. The van der Waals surface area contributed by atoms with Crippen LogP contribution in [0.1, 0.15) is 29.9 Å². The van der Waals surface area contributed by atoms with E-state index in [0.717, 1.165) is 11.1 Å². The molecule has 0 radical (unpaired) electrons. The number of halogens is 2. The van der Waals surface area contributed by atoms with E-state index >= 15 is 4.39 Å². The summed E-state index contributed by atoms with van der Waals surface area (Å²) in [6.07, 6.45) is 2.87. The lowest BCUT2D eigenvalue weighted by Crippen LogP contribution is -2.35. The molecular formula is C28H27F2N7O2. The fraction of sp³-hybridized carbons (Fsp3) is 0.321. The fourth-order valence-corrected chi connectivity index (χ4v) is 5.10. The first-order chi connectivity index (χ1) is 18.6. The van der Waals surface area contributed by atoms with Gasteiger partial charge < -0.3 is 15.4 Å². The zero-order chi connectivity index (χ0) is 27.5. The summed E-state index contributed by atoms with van der Waals surface area (Å²) in [6, 6.07) is 11.4. The Bertz CT molecular complexity index is 1540. The number of nitrogens with zero attached hydrogens (tertiary/aromatic N) is 6. The van der Waals surface area contributed by atoms with Crippen LogP contribution in [0.3, 0.4) is 0 Å². The van der Waals surface area contributed by atoms with Gasteiger partial charge in [0.1, 0.15) is 11.9 Å². The second-order valence-corrected chi connectivity index (χ2v) is 10.6. The predicted octanol–water partition coefficient (Wildman–Crippen LogP) is 3.56. The van der Waals surface area contributed by atoms with Crippen LogP contribution in [-0.2, 0) is 12.6 Å². The number of piperidine rings is 1. The molecule has 1 saturated carbocycles. The summed E-state index contributed by atoms with van der Waals surface area (Å²) in [5.41, 5.74) is 7.76. The number of carbonyl (C=O) groups is 1. The van der Waals surface area contributed by atoms with Gasteiger partial charge in [-0.3, -0.25) is 9.48 Å². The Morgan fingerprint density at radius 3 is 2.38 bits per heavy atom. The standard InChI is InChI=1S/C28H27F2N7O2/c1-28(2,31)16-11-20(15-5-7-17(29)8-6-15)34-21(12-16)39-25-18-13-37(14-19(18)25)27(38)24-22(30)23(35-36(24)3)26-32-9-4-10-33-26/h4-12,18-19,25H,13-14,31H2,1-3H3/t18-,19+,25-. The minimum absolute atomic E-state index is 0.0576. The number of fused-ring (bicyclic) bond motifs is 1. The molecule has 1 saturated heterocycles. The average molecular weight is 532 g/mol. The van der Waals surface area contributed by atoms with Crippen LogP contribution in [-0.4, -0.2) is 54.7 Å². The lowest BCUT2D eigenvalue weighted by molar-refractivity contribution is 0.0735. The summed E-state index contributed by atoms with van der Waals surface area (Å²) in [7, 11) is 1.53. The topological polar surface area (TPSA) is 112 Å². The van der Waals surface area contributed by atoms with Crippen LogP contribution in [0.5, 0.6) is 5.88 Å². The maximum Gasteiger partial charge on any atom is 0.275 e. The largest absolute Gasteiger partial charge is 0.474 e. The maximum atomic E-state index is 15.2. The Morgan fingerprint density at radius 2 is 1.74 bits per heavy atom. The van der Waals surface area contributed by atoms with Crippen molar-refractivity contribution in [1.82, 2.24) is 29.6 Å². The van der Waals surface area contributed by atoms with E-state index in [-0.39, 0.29) is 41.0 Å². The van der Waals surface area contributed by atoms with Gasteiger partial charge in [-0.2, -0.15) is 5.10 Å². The number of likely N-dealkylation sites (tertiary alicyclic amines) is 1. The second kappa shape index (κ2) is 9.19. The number of carbonyl (C=O) groups excluding carboxylic acids is 1. The zero-order valence-electron chi connectivity index (χ0n) is 21.7. The first-order valence-electron chi connectivity index (χ1n) is 12.6. The monoisotopic (exact) mass is 531 g/mol. The van der Waals surface area contributed by atoms with Crippen LogP contribution in [0.2, 0.25) is 0 Å². The van der Waals surface area contributed by atoms with Crippen LogP contribution < -0.4 is 10.5 Å². The summed E-state index contributed by atoms with van der Waals surface area (Å²) in [5.74, 6) is -0.739. The Hall–Kier alpha value is -4.25. The van der Waals surface area contributed by atoms with Gasteiger partial charge >= 0.3 is 0 Å². The molecule has 0 bridgehead atoms. The van der Waals surface area contributed by atoms with Crippen molar-refractivity contribution < 1.29 is 18.3 Å². The highest BCUT2D eigenvalue weighted by atomic mass is 19.1. The molecule has 39 heavy (non-hydrogen) atoms. The number of hydrogen-bond acceptors (Lipinski definition) is 7. The molecule has 6 rings (SSSR count). The van der Waals surface area contributed by atoms with E-state index in [1.807, 2.05) is 26.0 Å². The summed E-state index contributed by atoms with van der Waals surface area (Å²) in [4.78, 5) is 27.6. The number of nitrogens with two attached hydrogens (primary N) is 1. The van der Waals surface area contributed by atoms with Crippen LogP contribution >= 0.6 is 0 Å². The number of ether oxygens (including phenoxy) is 1. The van der Waals surface area contributed by atoms with Crippen LogP contribution in [0.15, 0.2) is 54.9 Å². The smallest absolute Gasteiger partial charge is 0.275 e. The van der Waals surface area contributed by atoms with Crippen LogP contribution in [0.25, 0.3) is 22.8 Å². The van der Waals surface area contributed by atoms with Crippen molar-refractivity contribution in [1.29, 1.82) is 0 Å². The van der Waals surface area contributed by atoms with Crippen molar-refractivity contribution in [3.63, 3.8) is 0 Å². The first kappa shape index (κ1) is 25.1. The van der Waals surface area contributed by atoms with Crippen molar-refractivity contribution in [3.05, 3.63) is 77.8 Å². The van der Waals surface area contributed by atoms with Crippen molar-refractivity contribution >= 4 is 5.91 Å². The van der Waals surface area contributed by atoms with Gasteiger partial charge in [0, 0.05) is 61.5 Å². The highest BCUT2D eigenvalue weighted by molar-refractivity contribution is 5.94. The number of rotatable bonds is 6. The molecule has 2 N–H and O–H groups in total. The number of amides is 1. The van der Waals surface area contributed by atoms with E-state index in [1.54, 1.807) is 23.1 Å². The number of benzene rings is 1. The average Bonchev–Trinajstić information content (AvgIpc) is 3.22. The SMILES string of the molecule is Cn1nc(-c2ncccn2)c(F)c1C(=O)N1C[C@@H]2[C@H](C1)[C@@H]2Oc1cc(C(C)(C)N)cc(-c2ccc(F)cc2)n1. The summed E-state index contributed by atoms with van der Waals surface area (Å²) >= 11 is 0. The molecule has 1 aliphatic carbocycles. The Labute approximate surface area is 223 Å². The molecule has 11 heteroatoms. The summed E-state index contributed by atoms with van der Waals surface area (Å²) in [6.45, 7) is 4.65. The summed E-state index contributed by atoms with van der Waals surface area (Å²) in [5, 5.41) is 4.15. The fourth-order valence-electron chi connectivity index (χ4n) is 5.10. The predicted molar refractivity (Wildman–Crippen MR) is 138 cm³/mol. The van der Waals surface area contributed by atoms with E-state index in [2.05, 4.69) is 20.1 Å². The highest BCUT2D eigenvalue weighted by Gasteiger charge is 2.59. The van der Waals surface area contributed by atoms with Crippen molar-refractivity contribution in [2.24, 2.45) is 24.6 Å². The molecule has 0 spiro atoms. The van der Waals surface area contributed by atoms with Gasteiger partial charge in [-0.15, -0.1) is 0 Å². The highest BCUT2D eigenvalue weighted by Crippen LogP contribution is 2.48. The quantitative estimate of drug-likeness (QED) is 0.405. The van der Waals surface area contributed by atoms with Gasteiger partial charge in [0.15, 0.2) is 23.0 Å². The van der Waals surface area contributed by atoms with E-state index in [4.69, 9.17) is 10.5 Å². The van der Waals surface area contributed by atoms with E-state index in [0.29, 0.717) is 24.7 Å². The molecule has 3 aromatic heterocycles. The lowest BCUT2D eigenvalue weighted by Gasteiger charge is -2.22. The van der Waals surface area contributed by atoms with Crippen molar-refractivity contribution in [3.8, 4) is 28.7 Å². The molecule has 0 unspecified atom stereocenters. The maximum absolute atomic E-state index is 15.2. The van der Waals surface area contributed by atoms with E-state index in [1.165, 1.54) is 36.3 Å². The van der Waals surface area contributed by atoms with Gasteiger partial charge in [0.2, 0.25) is 5.88 Å². The normalized spacial score (nSPS) is 20.2. The zero-order valence-corrected chi connectivity index (χ0v) is 21.7. The molecule has 2 fully saturated rings. The third-order valence-corrected chi connectivity index (χ3v) is 7.31. The number of pyridine rings is 1. The molecule has 200 valence electrons. The van der Waals surface area contributed by atoms with Gasteiger partial charge in [-0.05, 0) is 55.8 Å². The number of aryl methyl sites for hydroxylation is 1. The molecule has 1 aliphatic heterocycles. The summed E-state index contributed by atoms with van der Waals surface area (Å²) < 4.78 is 36.2. The number of hydrogen-bond donors (Lipinski definition) is 1. The minimum Gasteiger partial charge on any atom is -0.474 e. The molecule has 3 atom stereocenters. The van der Waals surface area contributed by atoms with Crippen LogP contribution in [0.4, 0.5) is 8.78 Å². The molecule has 1 amide bonds. The second-order valence-electron chi connectivity index (χ2n) is 10.6. The molecule has 4 heterocycles. The molecular weight excluding hydrogens is 504 g/mol. The Morgan fingerprint density at radius 1 is 1.08 bits per heavy atom. The van der Waals surface area contributed by atoms with Gasteiger partial charge in [0.25, 0.3) is 5.91 Å². The lowest BCUT2D eigenvalue weighted by atomic mass is 9.95. The molecule has 9 nitrogen and oxygen atoms in total. The van der Waals surface area contributed by atoms with Gasteiger partial charge in [-0.25, -0.2) is 23.7 Å². The molecule has 2 aliphatic rings. The third-order valence-electron chi connectivity index (χ3n) is 7.31. The van der Waals surface area contributed by atoms with Crippen molar-refractivity contribution in [2.75, 3.05) is 13.1 Å². The Kier molecular flexibility index (Phi) is 5.91. The van der Waals surface area contributed by atoms with Crippen molar-refractivity contribution in [2.45, 2.75) is 25.5 Å². The number of aromatic nitrogens is 5. The van der Waals surface area contributed by atoms with E-state index < -0.39 is 17.3 Å². The van der Waals surface area contributed by atoms with E-state index in [9.17, 15) is 9.18 Å². The van der Waals surface area contributed by atoms with Gasteiger partial charge in [0.05, 0.1) is 5.69 Å². The minimum atomic E-state index is -0.735. The third kappa shape index (κ3) is 4.63. The Balaban J connectivity index is 1.17.